The molecule has 28 heavy (non-hydrogen) atoms. The molecule has 4 aromatic rings. The van der Waals surface area contributed by atoms with E-state index < -0.39 is 0 Å². The summed E-state index contributed by atoms with van der Waals surface area (Å²) in [6, 6.07) is 16.3. The Morgan fingerprint density at radius 2 is 1.82 bits per heavy atom. The van der Waals surface area contributed by atoms with Gasteiger partial charge in [-0.3, -0.25) is 9.36 Å². The summed E-state index contributed by atoms with van der Waals surface area (Å²) < 4.78 is 7.49. The molecule has 3 heterocycles. The van der Waals surface area contributed by atoms with Gasteiger partial charge in [0.25, 0.3) is 5.91 Å². The number of carbonyl (C=O) groups excluding carboxylic acids is 1. The van der Waals surface area contributed by atoms with Crippen molar-refractivity contribution in [1.29, 1.82) is 0 Å². The van der Waals surface area contributed by atoms with Crippen LogP contribution >= 0.6 is 0 Å². The van der Waals surface area contributed by atoms with E-state index in [1.54, 1.807) is 30.6 Å². The number of ether oxygens (including phenoxy) is 1. The van der Waals surface area contributed by atoms with Gasteiger partial charge in [-0.05, 0) is 37.3 Å². The van der Waals surface area contributed by atoms with E-state index in [-0.39, 0.29) is 5.91 Å². The molecule has 7 heteroatoms. The van der Waals surface area contributed by atoms with Crippen molar-refractivity contribution in [2.24, 2.45) is 0 Å². The molecule has 0 radical (unpaired) electrons. The summed E-state index contributed by atoms with van der Waals surface area (Å²) in [4.78, 5) is 25.1. The molecular weight excluding hydrogens is 354 g/mol. The van der Waals surface area contributed by atoms with Gasteiger partial charge in [0.2, 0.25) is 5.88 Å². The van der Waals surface area contributed by atoms with Crippen LogP contribution < -0.4 is 10.1 Å². The van der Waals surface area contributed by atoms with Gasteiger partial charge in [-0.2, -0.15) is 0 Å². The number of rotatable bonds is 5. The first-order valence-corrected chi connectivity index (χ1v) is 8.66. The summed E-state index contributed by atoms with van der Waals surface area (Å²) in [6.45, 7) is 1.90. The molecule has 0 saturated carbocycles. The van der Waals surface area contributed by atoms with Crippen molar-refractivity contribution < 1.29 is 9.53 Å². The predicted octanol–water partition coefficient (Wildman–Crippen LogP) is 4.02. The third-order valence-electron chi connectivity index (χ3n) is 4.04. The lowest BCUT2D eigenvalue weighted by molar-refractivity contribution is 0.102. The maximum Gasteiger partial charge on any atom is 0.257 e. The Morgan fingerprint density at radius 3 is 2.46 bits per heavy atom. The van der Waals surface area contributed by atoms with Crippen molar-refractivity contribution in [2.75, 3.05) is 5.32 Å². The number of imidazole rings is 1. The van der Waals surface area contributed by atoms with Gasteiger partial charge in [-0.1, -0.05) is 18.2 Å². The van der Waals surface area contributed by atoms with Crippen LogP contribution in [-0.4, -0.2) is 25.4 Å². The predicted molar refractivity (Wildman–Crippen MR) is 105 cm³/mol. The van der Waals surface area contributed by atoms with Crippen LogP contribution in [0.2, 0.25) is 0 Å². The van der Waals surface area contributed by atoms with Crippen LogP contribution in [0.15, 0.2) is 79.4 Å². The Kier molecular flexibility index (Phi) is 4.79. The molecule has 0 fully saturated rings. The van der Waals surface area contributed by atoms with Gasteiger partial charge >= 0.3 is 0 Å². The van der Waals surface area contributed by atoms with Gasteiger partial charge in [0.1, 0.15) is 17.4 Å². The maximum absolute atomic E-state index is 12.4. The van der Waals surface area contributed by atoms with Crippen LogP contribution in [0, 0.1) is 6.92 Å². The highest BCUT2D eigenvalue weighted by Gasteiger charge is 2.09. The minimum absolute atomic E-state index is 0.271. The van der Waals surface area contributed by atoms with Gasteiger partial charge in [0.05, 0.1) is 17.4 Å². The van der Waals surface area contributed by atoms with E-state index in [0.29, 0.717) is 22.9 Å². The molecule has 0 unspecified atom stereocenters. The van der Waals surface area contributed by atoms with Crippen molar-refractivity contribution in [3.63, 3.8) is 0 Å². The summed E-state index contributed by atoms with van der Waals surface area (Å²) in [5.41, 5.74) is 1.02. The van der Waals surface area contributed by atoms with E-state index in [1.165, 1.54) is 6.20 Å². The fourth-order valence-corrected chi connectivity index (χ4v) is 2.61. The molecular formula is C21H17N5O2. The first-order chi connectivity index (χ1) is 13.7. The molecule has 7 nitrogen and oxygen atoms in total. The molecule has 0 aliphatic carbocycles. The molecule has 0 aliphatic heterocycles. The van der Waals surface area contributed by atoms with E-state index in [9.17, 15) is 4.79 Å². The van der Waals surface area contributed by atoms with Gasteiger partial charge in [-0.15, -0.1) is 0 Å². The molecule has 0 aliphatic rings. The van der Waals surface area contributed by atoms with E-state index in [0.717, 1.165) is 11.6 Å². The summed E-state index contributed by atoms with van der Waals surface area (Å²) in [5, 5.41) is 2.81. The average Bonchev–Trinajstić information content (AvgIpc) is 3.16. The lowest BCUT2D eigenvalue weighted by Gasteiger charge is -2.08. The number of nitrogens with one attached hydrogen (secondary N) is 1. The Hall–Kier alpha value is -4.00. The average molecular weight is 371 g/mol. The highest BCUT2D eigenvalue weighted by atomic mass is 16.5. The molecule has 138 valence electrons. The highest BCUT2D eigenvalue weighted by Crippen LogP contribution is 2.19. The van der Waals surface area contributed by atoms with Crippen molar-refractivity contribution in [1.82, 2.24) is 19.5 Å². The number of aromatic nitrogens is 4. The third-order valence-corrected chi connectivity index (χ3v) is 4.04. The zero-order valence-corrected chi connectivity index (χ0v) is 15.1. The Morgan fingerprint density at radius 1 is 0.964 bits per heavy atom. The van der Waals surface area contributed by atoms with E-state index in [1.807, 2.05) is 54.1 Å². The van der Waals surface area contributed by atoms with Crippen LogP contribution in [0.4, 0.5) is 5.69 Å². The number of hydrogen-bond acceptors (Lipinski definition) is 5. The van der Waals surface area contributed by atoms with Gasteiger partial charge in [-0.25, -0.2) is 15.0 Å². The van der Waals surface area contributed by atoms with Crippen LogP contribution in [0.1, 0.15) is 16.2 Å². The summed E-state index contributed by atoms with van der Waals surface area (Å²) in [6.07, 6.45) is 6.63. The van der Waals surface area contributed by atoms with Crippen molar-refractivity contribution in [2.45, 2.75) is 6.92 Å². The molecule has 0 saturated heterocycles. The van der Waals surface area contributed by atoms with Crippen molar-refractivity contribution in [3.05, 3.63) is 90.8 Å². The number of benzene rings is 1. The maximum atomic E-state index is 12.4. The second-order valence-electron chi connectivity index (χ2n) is 6.00. The molecule has 3 aromatic heterocycles. The van der Waals surface area contributed by atoms with Gasteiger partial charge in [0.15, 0.2) is 0 Å². The second-order valence-corrected chi connectivity index (χ2v) is 6.00. The molecule has 0 bridgehead atoms. The van der Waals surface area contributed by atoms with E-state index in [4.69, 9.17) is 4.74 Å². The Labute approximate surface area is 161 Å². The third kappa shape index (κ3) is 3.88. The Bertz CT molecular complexity index is 1070. The SMILES string of the molecule is Cc1nccn1-c1ccc(NC(=O)c2ccc(Oc3ccccc3)nc2)cn1. The molecule has 0 spiro atoms. The first kappa shape index (κ1) is 17.4. The quantitative estimate of drug-likeness (QED) is 0.573. The van der Waals surface area contributed by atoms with Gasteiger partial charge < -0.3 is 10.1 Å². The normalized spacial score (nSPS) is 10.5. The fourth-order valence-electron chi connectivity index (χ4n) is 2.61. The number of aryl methyl sites for hydroxylation is 1. The van der Waals surface area contributed by atoms with Crippen LogP contribution in [0.5, 0.6) is 11.6 Å². The molecule has 1 N–H and O–H groups in total. The monoisotopic (exact) mass is 371 g/mol. The van der Waals surface area contributed by atoms with Crippen LogP contribution in [0.3, 0.4) is 0 Å². The standard InChI is InChI=1S/C21H17N5O2/c1-15-22-11-12-26(15)19-9-8-17(14-23-19)25-21(27)16-7-10-20(24-13-16)28-18-5-3-2-4-6-18/h2-14H,1H3,(H,25,27). The van der Waals surface area contributed by atoms with Crippen LogP contribution in [0.25, 0.3) is 5.82 Å². The van der Waals surface area contributed by atoms with Gasteiger partial charge in [0, 0.05) is 24.7 Å². The number of para-hydroxylation sites is 1. The number of carbonyl (C=O) groups is 1. The summed E-state index contributed by atoms with van der Waals surface area (Å²) >= 11 is 0. The van der Waals surface area contributed by atoms with E-state index in [2.05, 4.69) is 20.3 Å². The number of pyridine rings is 2. The van der Waals surface area contributed by atoms with E-state index >= 15 is 0 Å². The largest absolute Gasteiger partial charge is 0.439 e. The number of anilines is 1. The number of amides is 1. The summed E-state index contributed by atoms with van der Waals surface area (Å²) in [5.74, 6) is 2.41. The second kappa shape index (κ2) is 7.71. The minimum Gasteiger partial charge on any atom is -0.439 e. The number of hydrogen-bond donors (Lipinski definition) is 1. The lowest BCUT2D eigenvalue weighted by Crippen LogP contribution is -2.12. The zero-order chi connectivity index (χ0) is 19.3. The smallest absolute Gasteiger partial charge is 0.257 e. The molecule has 0 atom stereocenters. The van der Waals surface area contributed by atoms with Crippen molar-refractivity contribution in [3.8, 4) is 17.4 Å². The molecule has 1 amide bonds. The number of nitrogens with zero attached hydrogens (tertiary/aromatic N) is 4. The molecule has 4 rings (SSSR count). The summed E-state index contributed by atoms with van der Waals surface area (Å²) in [7, 11) is 0. The fraction of sp³-hybridized carbons (Fsp3) is 0.0476. The highest BCUT2D eigenvalue weighted by molar-refractivity contribution is 6.04. The van der Waals surface area contributed by atoms with Crippen molar-refractivity contribution >= 4 is 11.6 Å². The molecule has 1 aromatic carbocycles. The van der Waals surface area contributed by atoms with Crippen LogP contribution in [-0.2, 0) is 0 Å². The Balaban J connectivity index is 1.41. The topological polar surface area (TPSA) is 81.9 Å². The lowest BCUT2D eigenvalue weighted by atomic mass is 10.2. The minimum atomic E-state index is -0.271. The zero-order valence-electron chi connectivity index (χ0n) is 15.1. The first-order valence-electron chi connectivity index (χ1n) is 8.66.